The topological polar surface area (TPSA) is 84.5 Å². The molecule has 4 rings (SSSR count). The van der Waals surface area contributed by atoms with Gasteiger partial charge in [-0.05, 0) is 49.4 Å². The minimum absolute atomic E-state index is 0.0521. The van der Waals surface area contributed by atoms with E-state index in [9.17, 15) is 13.2 Å². The highest BCUT2D eigenvalue weighted by molar-refractivity contribution is 7.89. The lowest BCUT2D eigenvalue weighted by Gasteiger charge is -2.30. The van der Waals surface area contributed by atoms with Crippen LogP contribution in [0, 0.1) is 0 Å². The van der Waals surface area contributed by atoms with Gasteiger partial charge in [0, 0.05) is 30.7 Å². The first-order chi connectivity index (χ1) is 15.0. The summed E-state index contributed by atoms with van der Waals surface area (Å²) in [5.74, 6) is -0.251. The Bertz CT molecular complexity index is 995. The summed E-state index contributed by atoms with van der Waals surface area (Å²) >= 11 is 0. The normalized spacial score (nSPS) is 20.6. The van der Waals surface area contributed by atoms with E-state index in [0.717, 1.165) is 38.5 Å². The highest BCUT2D eigenvalue weighted by Gasteiger charge is 2.35. The molecule has 2 aromatic rings. The molecular formula is C24H30N2O4S. The second-order valence-electron chi connectivity index (χ2n) is 8.55. The van der Waals surface area contributed by atoms with Crippen molar-refractivity contribution in [2.75, 3.05) is 19.7 Å². The largest absolute Gasteiger partial charge is 0.377 e. The van der Waals surface area contributed by atoms with Gasteiger partial charge in [0.25, 0.3) is 5.91 Å². The summed E-state index contributed by atoms with van der Waals surface area (Å²) in [5, 5.41) is 3.06. The van der Waals surface area contributed by atoms with Crippen molar-refractivity contribution in [3.63, 3.8) is 0 Å². The molecule has 2 aromatic carbocycles. The van der Waals surface area contributed by atoms with Crippen LogP contribution in [-0.4, -0.2) is 40.1 Å². The molecule has 2 N–H and O–H groups in total. The second kappa shape index (κ2) is 9.51. The summed E-state index contributed by atoms with van der Waals surface area (Å²) in [6, 6.07) is 16.5. The molecule has 166 valence electrons. The van der Waals surface area contributed by atoms with E-state index in [2.05, 4.69) is 22.2 Å². The van der Waals surface area contributed by atoms with Crippen LogP contribution in [0.5, 0.6) is 0 Å². The Labute approximate surface area is 184 Å². The molecule has 6 nitrogen and oxygen atoms in total. The van der Waals surface area contributed by atoms with Gasteiger partial charge in [-0.15, -0.1) is 0 Å². The Balaban J connectivity index is 1.43. The first-order valence-electron chi connectivity index (χ1n) is 11.0. The zero-order chi connectivity index (χ0) is 21.7. The molecule has 1 saturated heterocycles. The average Bonchev–Trinajstić information content (AvgIpc) is 3.50. The molecule has 1 atom stereocenters. The SMILES string of the molecule is O=C(NCC1(c2ccccc2)CCCC1)c1cccc(S(=O)(=O)NCC2CCCO2)c1. The molecule has 7 heteroatoms. The van der Waals surface area contributed by atoms with Crippen molar-refractivity contribution in [1.29, 1.82) is 0 Å². The lowest BCUT2D eigenvalue weighted by atomic mass is 9.79. The Morgan fingerprint density at radius 1 is 1.03 bits per heavy atom. The molecular weight excluding hydrogens is 412 g/mol. The van der Waals surface area contributed by atoms with Crippen molar-refractivity contribution < 1.29 is 17.9 Å². The quantitative estimate of drug-likeness (QED) is 0.656. The van der Waals surface area contributed by atoms with Gasteiger partial charge in [0.2, 0.25) is 10.0 Å². The van der Waals surface area contributed by atoms with E-state index < -0.39 is 10.0 Å². The predicted octanol–water partition coefficient (Wildman–Crippen LogP) is 3.39. The predicted molar refractivity (Wildman–Crippen MR) is 120 cm³/mol. The third-order valence-electron chi connectivity index (χ3n) is 6.47. The highest BCUT2D eigenvalue weighted by atomic mass is 32.2. The number of sulfonamides is 1. The summed E-state index contributed by atoms with van der Waals surface area (Å²) in [4.78, 5) is 13.0. The molecule has 31 heavy (non-hydrogen) atoms. The number of benzene rings is 2. The number of ether oxygens (including phenoxy) is 1. The second-order valence-corrected chi connectivity index (χ2v) is 10.3. The molecule has 1 aliphatic heterocycles. The maximum absolute atomic E-state index is 12.9. The van der Waals surface area contributed by atoms with Crippen LogP contribution >= 0.6 is 0 Å². The number of carbonyl (C=O) groups is 1. The van der Waals surface area contributed by atoms with Gasteiger partial charge in [-0.2, -0.15) is 0 Å². The van der Waals surface area contributed by atoms with Crippen LogP contribution in [0.4, 0.5) is 0 Å². The molecule has 0 bridgehead atoms. The van der Waals surface area contributed by atoms with E-state index in [1.54, 1.807) is 12.1 Å². The Morgan fingerprint density at radius 2 is 1.81 bits per heavy atom. The number of nitrogens with one attached hydrogen (secondary N) is 2. The Hall–Kier alpha value is -2.22. The molecule has 1 aliphatic carbocycles. The Kier molecular flexibility index (Phi) is 6.74. The summed E-state index contributed by atoms with van der Waals surface area (Å²) in [6.45, 7) is 1.47. The van der Waals surface area contributed by atoms with E-state index in [0.29, 0.717) is 18.7 Å². The smallest absolute Gasteiger partial charge is 0.251 e. The molecule has 0 aromatic heterocycles. The minimum Gasteiger partial charge on any atom is -0.377 e. The Morgan fingerprint density at radius 3 is 2.52 bits per heavy atom. The lowest BCUT2D eigenvalue weighted by molar-refractivity contribution is 0.0943. The van der Waals surface area contributed by atoms with Gasteiger partial charge in [-0.3, -0.25) is 4.79 Å². The van der Waals surface area contributed by atoms with Gasteiger partial charge in [0.15, 0.2) is 0 Å². The molecule has 1 saturated carbocycles. The molecule has 1 unspecified atom stereocenters. The summed E-state index contributed by atoms with van der Waals surface area (Å²) in [5.41, 5.74) is 1.55. The van der Waals surface area contributed by atoms with Crippen molar-refractivity contribution in [2.24, 2.45) is 0 Å². The fourth-order valence-electron chi connectivity index (χ4n) is 4.66. The number of carbonyl (C=O) groups excluding carboxylic acids is 1. The van der Waals surface area contributed by atoms with E-state index in [1.165, 1.54) is 17.7 Å². The van der Waals surface area contributed by atoms with Crippen molar-refractivity contribution in [3.8, 4) is 0 Å². The first kappa shape index (κ1) is 22.0. The van der Waals surface area contributed by atoms with Crippen LogP contribution in [0.3, 0.4) is 0 Å². The van der Waals surface area contributed by atoms with Crippen LogP contribution in [0.1, 0.15) is 54.4 Å². The van der Waals surface area contributed by atoms with Crippen LogP contribution in [0.15, 0.2) is 59.5 Å². The first-order valence-corrected chi connectivity index (χ1v) is 12.5. The fraction of sp³-hybridized carbons (Fsp3) is 0.458. The number of hydrogen-bond donors (Lipinski definition) is 2. The van der Waals surface area contributed by atoms with Gasteiger partial charge in [0.1, 0.15) is 0 Å². The standard InChI is InChI=1S/C24H30N2O4S/c27-23(25-18-24(13-4-5-14-24)20-9-2-1-3-10-20)19-8-6-12-22(16-19)31(28,29)26-17-21-11-7-15-30-21/h1-3,6,8-10,12,16,21,26H,4-5,7,11,13-15,17-18H2,(H,25,27). The monoisotopic (exact) mass is 442 g/mol. The van der Waals surface area contributed by atoms with Crippen molar-refractivity contribution in [1.82, 2.24) is 10.0 Å². The minimum atomic E-state index is -3.70. The number of hydrogen-bond acceptors (Lipinski definition) is 4. The number of amides is 1. The molecule has 2 fully saturated rings. The van der Waals surface area contributed by atoms with Crippen molar-refractivity contribution in [3.05, 3.63) is 65.7 Å². The van der Waals surface area contributed by atoms with Crippen LogP contribution in [-0.2, 0) is 20.2 Å². The third-order valence-corrected chi connectivity index (χ3v) is 7.89. The third kappa shape index (κ3) is 5.17. The molecule has 0 radical (unpaired) electrons. The van der Waals surface area contributed by atoms with Gasteiger partial charge >= 0.3 is 0 Å². The average molecular weight is 443 g/mol. The molecule has 0 spiro atoms. The maximum Gasteiger partial charge on any atom is 0.251 e. The maximum atomic E-state index is 12.9. The zero-order valence-corrected chi connectivity index (χ0v) is 18.5. The van der Waals surface area contributed by atoms with E-state index >= 15 is 0 Å². The van der Waals surface area contributed by atoms with Crippen molar-refractivity contribution in [2.45, 2.75) is 54.9 Å². The van der Waals surface area contributed by atoms with Gasteiger partial charge in [-0.25, -0.2) is 13.1 Å². The van der Waals surface area contributed by atoms with Gasteiger partial charge in [0.05, 0.1) is 11.0 Å². The highest BCUT2D eigenvalue weighted by Crippen LogP contribution is 2.40. The van der Waals surface area contributed by atoms with Crippen LogP contribution in [0.2, 0.25) is 0 Å². The van der Waals surface area contributed by atoms with Crippen LogP contribution in [0.25, 0.3) is 0 Å². The van der Waals surface area contributed by atoms with Gasteiger partial charge < -0.3 is 10.1 Å². The summed E-state index contributed by atoms with van der Waals surface area (Å²) in [7, 11) is -3.70. The lowest BCUT2D eigenvalue weighted by Crippen LogP contribution is -2.39. The number of rotatable bonds is 8. The van der Waals surface area contributed by atoms with E-state index in [4.69, 9.17) is 4.74 Å². The van der Waals surface area contributed by atoms with Gasteiger partial charge in [-0.1, -0.05) is 49.2 Å². The van der Waals surface area contributed by atoms with Crippen LogP contribution < -0.4 is 10.0 Å². The summed E-state index contributed by atoms with van der Waals surface area (Å²) in [6.07, 6.45) is 6.10. The van der Waals surface area contributed by atoms with E-state index in [1.807, 2.05) is 18.2 Å². The summed E-state index contributed by atoms with van der Waals surface area (Å²) < 4.78 is 33.4. The fourth-order valence-corrected chi connectivity index (χ4v) is 5.77. The van der Waals surface area contributed by atoms with E-state index in [-0.39, 0.29) is 28.9 Å². The van der Waals surface area contributed by atoms with Crippen molar-refractivity contribution >= 4 is 15.9 Å². The zero-order valence-electron chi connectivity index (χ0n) is 17.7. The molecule has 1 amide bonds. The molecule has 1 heterocycles. The molecule has 2 aliphatic rings.